The first-order valence-electron chi connectivity index (χ1n) is 1.11. The molecule has 0 fully saturated rings. The van der Waals surface area contributed by atoms with Crippen LogP contribution in [0.25, 0.3) is 0 Å². The van der Waals surface area contributed by atoms with Gasteiger partial charge in [0.15, 0.2) is 0 Å². The van der Waals surface area contributed by atoms with Crippen molar-refractivity contribution in [3.05, 3.63) is 0 Å². The summed E-state index contributed by atoms with van der Waals surface area (Å²) in [6.45, 7) is 0. The van der Waals surface area contributed by atoms with Crippen LogP contribution >= 0.6 is 25.3 Å². The maximum absolute atomic E-state index is 9.58. The second-order valence-electron chi connectivity index (χ2n) is 0.610. The number of carbonyl (C=O) groups is 2. The van der Waals surface area contributed by atoms with Gasteiger partial charge in [-0.25, -0.2) is 0 Å². The third-order valence-electron chi connectivity index (χ3n) is 0.183. The van der Waals surface area contributed by atoms with Gasteiger partial charge in [-0.3, -0.25) is 9.59 Å². The van der Waals surface area contributed by atoms with Crippen molar-refractivity contribution in [1.29, 1.82) is 0 Å². The number of hydrogen-bond acceptors (Lipinski definition) is 2. The molecule has 44 valence electrons. The van der Waals surface area contributed by atoms with E-state index in [2.05, 4.69) is 25.3 Å². The van der Waals surface area contributed by atoms with Crippen LogP contribution in [0.4, 0.5) is 0 Å². The molecule has 7 heavy (non-hydrogen) atoms. The monoisotopic (exact) mass is 228 g/mol. The molecule has 0 rings (SSSR count). The molecule has 0 N–H and O–H groups in total. The van der Waals surface area contributed by atoms with Crippen LogP contribution in [0.3, 0.4) is 0 Å². The molecule has 0 aliphatic rings. The predicted octanol–water partition coefficient (Wildman–Crippen LogP) is -0.103. The van der Waals surface area contributed by atoms with E-state index in [0.29, 0.717) is 0 Å². The third-order valence-corrected chi connectivity index (χ3v) is 0.766. The van der Waals surface area contributed by atoms with E-state index in [0.717, 1.165) is 0 Å². The van der Waals surface area contributed by atoms with E-state index >= 15 is 0 Å². The topological polar surface area (TPSA) is 34.1 Å². The van der Waals surface area contributed by atoms with Crippen LogP contribution in [0, 0.1) is 0 Å². The van der Waals surface area contributed by atoms with Gasteiger partial charge in [-0.05, 0) is 0 Å². The summed E-state index contributed by atoms with van der Waals surface area (Å²) in [5.74, 6) is 0. The molecule has 5 heteroatoms. The minimum atomic E-state index is -0.821. The minimum Gasteiger partial charge on any atom is -0.277 e. The van der Waals surface area contributed by atoms with Crippen molar-refractivity contribution in [1.82, 2.24) is 0 Å². The van der Waals surface area contributed by atoms with Crippen molar-refractivity contribution in [2.45, 2.75) is 0 Å². The summed E-state index contributed by atoms with van der Waals surface area (Å²) >= 11 is 6.26. The molecule has 0 saturated carbocycles. The zero-order chi connectivity index (χ0) is 5.15. The Morgan fingerprint density at radius 3 is 1.14 bits per heavy atom. The fourth-order valence-corrected chi connectivity index (χ4v) is 0. The normalized spacial score (nSPS) is 6.57. The molecule has 0 aliphatic heterocycles. The van der Waals surface area contributed by atoms with E-state index in [1.807, 2.05) is 0 Å². The van der Waals surface area contributed by atoms with Gasteiger partial charge in [-0.15, -0.1) is 0 Å². The van der Waals surface area contributed by atoms with Crippen molar-refractivity contribution < 1.29 is 30.0 Å². The van der Waals surface area contributed by atoms with Crippen LogP contribution in [-0.4, -0.2) is 10.2 Å². The quantitative estimate of drug-likeness (QED) is 0.373. The second-order valence-corrected chi connectivity index (χ2v) is 1.42. The molecular weight excluding hydrogens is 227 g/mol. The smallest absolute Gasteiger partial charge is 0.262 e. The minimum absolute atomic E-state index is 0. The van der Waals surface area contributed by atoms with Crippen LogP contribution < -0.4 is 0 Å². The molecule has 0 unspecified atom stereocenters. The maximum atomic E-state index is 9.58. The van der Waals surface area contributed by atoms with Gasteiger partial charge in [-0.1, -0.05) is 25.3 Å². The Bertz CT molecular complexity index is 79.7. The summed E-state index contributed by atoms with van der Waals surface area (Å²) in [4.78, 5) is 19.2. The molecule has 0 heterocycles. The summed E-state index contributed by atoms with van der Waals surface area (Å²) in [5, 5.41) is -1.64. The third kappa shape index (κ3) is 6.70. The van der Waals surface area contributed by atoms with E-state index in [1.165, 1.54) is 0 Å². The van der Waals surface area contributed by atoms with Gasteiger partial charge in [0.2, 0.25) is 0 Å². The first-order chi connectivity index (χ1) is 2.64. The molecule has 2 nitrogen and oxygen atoms in total. The molecule has 0 bridgehead atoms. The Morgan fingerprint density at radius 1 is 1.00 bits per heavy atom. The van der Waals surface area contributed by atoms with Crippen LogP contribution in [-0.2, 0) is 30.0 Å². The Kier molecular flexibility index (Phi) is 7.37. The molecule has 0 aromatic heterocycles. The van der Waals surface area contributed by atoms with Gasteiger partial charge in [0.05, 0.1) is 0 Å². The van der Waals surface area contributed by atoms with Crippen LogP contribution in [0.15, 0.2) is 0 Å². The summed E-state index contributed by atoms with van der Waals surface area (Å²) < 4.78 is 0. The van der Waals surface area contributed by atoms with Gasteiger partial charge in [0.1, 0.15) is 0 Å². The molecule has 0 atom stereocenters. The molecule has 0 aliphatic carbocycles. The largest absolute Gasteiger partial charge is 0.277 e. The van der Waals surface area contributed by atoms with E-state index in [4.69, 9.17) is 0 Å². The van der Waals surface area contributed by atoms with E-state index in [1.54, 1.807) is 0 Å². The summed E-state index contributed by atoms with van der Waals surface area (Å²) in [6, 6.07) is 0. The molecular formula is C2H2O2PdS2. The standard InChI is InChI=1S/C2H2O2S2.Pd/c3-1(5)2(4)6;/h(H,3,5)(H,4,6);. The van der Waals surface area contributed by atoms with Crippen molar-refractivity contribution >= 4 is 35.5 Å². The number of thiol groups is 2. The van der Waals surface area contributed by atoms with Crippen molar-refractivity contribution in [2.24, 2.45) is 0 Å². The number of hydrogen-bond donors (Lipinski definition) is 2. The zero-order valence-corrected chi connectivity index (χ0v) is 6.37. The molecule has 0 aromatic carbocycles. The molecule has 0 aromatic rings. The van der Waals surface area contributed by atoms with Crippen LogP contribution in [0.5, 0.6) is 0 Å². The van der Waals surface area contributed by atoms with Gasteiger partial charge >= 0.3 is 0 Å². The second kappa shape index (κ2) is 4.85. The first-order valence-corrected chi connectivity index (χ1v) is 2.00. The first kappa shape index (κ1) is 10.6. The van der Waals surface area contributed by atoms with E-state index in [-0.39, 0.29) is 20.4 Å². The molecule has 0 saturated heterocycles. The average Bonchev–Trinajstić information content (AvgIpc) is 1.36. The van der Waals surface area contributed by atoms with Gasteiger partial charge < -0.3 is 0 Å². The SMILES string of the molecule is O=C(S)C(=O)S.[Pd]. The van der Waals surface area contributed by atoms with Crippen molar-refractivity contribution in [3.63, 3.8) is 0 Å². The summed E-state index contributed by atoms with van der Waals surface area (Å²) in [5.41, 5.74) is 0. The van der Waals surface area contributed by atoms with Crippen LogP contribution in [0.1, 0.15) is 0 Å². The van der Waals surface area contributed by atoms with Crippen molar-refractivity contribution in [3.8, 4) is 0 Å². The Labute approximate surface area is 65.5 Å². The van der Waals surface area contributed by atoms with E-state index < -0.39 is 10.2 Å². The van der Waals surface area contributed by atoms with Crippen LogP contribution in [0.2, 0.25) is 0 Å². The number of carbonyl (C=O) groups excluding carboxylic acids is 2. The summed E-state index contributed by atoms with van der Waals surface area (Å²) in [7, 11) is 0. The Morgan fingerprint density at radius 2 is 1.14 bits per heavy atom. The predicted molar refractivity (Wildman–Crippen MR) is 28.0 cm³/mol. The zero-order valence-electron chi connectivity index (χ0n) is 3.03. The fourth-order valence-electron chi connectivity index (χ4n) is 0. The van der Waals surface area contributed by atoms with Gasteiger partial charge in [0, 0.05) is 20.4 Å². The average molecular weight is 229 g/mol. The van der Waals surface area contributed by atoms with Crippen molar-refractivity contribution in [2.75, 3.05) is 0 Å². The molecule has 0 radical (unpaired) electrons. The summed E-state index contributed by atoms with van der Waals surface area (Å²) in [6.07, 6.45) is 0. The van der Waals surface area contributed by atoms with Gasteiger partial charge in [0.25, 0.3) is 10.2 Å². The Hall–Kier alpha value is 0.702. The van der Waals surface area contributed by atoms with Gasteiger partial charge in [-0.2, -0.15) is 0 Å². The number of rotatable bonds is 1. The van der Waals surface area contributed by atoms with E-state index in [9.17, 15) is 9.59 Å². The molecule has 0 amide bonds. The Balaban J connectivity index is 0. The molecule has 0 spiro atoms. The fraction of sp³-hybridized carbons (Fsp3) is 0. The maximum Gasteiger partial charge on any atom is 0.262 e.